The molecule has 6 heteroatoms. The molecule has 0 bridgehead atoms. The van der Waals surface area contributed by atoms with Crippen LogP contribution in [0.4, 0.5) is 0 Å². The van der Waals surface area contributed by atoms with E-state index < -0.39 is 0 Å². The highest BCUT2D eigenvalue weighted by Gasteiger charge is 2.01. The van der Waals surface area contributed by atoms with Gasteiger partial charge in [-0.05, 0) is 6.92 Å². The predicted octanol–water partition coefficient (Wildman–Crippen LogP) is 1.70. The second kappa shape index (κ2) is 6.20. The monoisotopic (exact) mass is 268 g/mol. The van der Waals surface area contributed by atoms with Crippen molar-refractivity contribution in [1.29, 1.82) is 0 Å². The highest BCUT2D eigenvalue weighted by Crippen LogP contribution is 2.09. The highest BCUT2D eigenvalue weighted by molar-refractivity contribution is 7.09. The molecule has 2 aromatic heterocycles. The molecular weight excluding hydrogens is 252 g/mol. The third-order valence-corrected chi connectivity index (χ3v) is 4.05. The molecule has 2 aromatic rings. The van der Waals surface area contributed by atoms with Crippen LogP contribution in [0, 0.1) is 6.92 Å². The van der Waals surface area contributed by atoms with E-state index in [0.29, 0.717) is 6.54 Å². The Bertz CT molecular complexity index is 463. The summed E-state index contributed by atoms with van der Waals surface area (Å²) in [6.07, 6.45) is 0.970. The summed E-state index contributed by atoms with van der Waals surface area (Å²) in [4.78, 5) is 8.82. The van der Waals surface area contributed by atoms with Crippen LogP contribution in [0.2, 0.25) is 0 Å². The van der Waals surface area contributed by atoms with Gasteiger partial charge in [-0.2, -0.15) is 0 Å². The minimum Gasteiger partial charge on any atom is -0.325 e. The number of nitrogens with one attached hydrogen (secondary N) is 1. The van der Waals surface area contributed by atoms with E-state index in [0.717, 1.165) is 35.2 Å². The van der Waals surface area contributed by atoms with Crippen LogP contribution >= 0.6 is 22.7 Å². The number of thiazole rings is 2. The molecule has 0 aliphatic carbocycles. The van der Waals surface area contributed by atoms with Crippen molar-refractivity contribution in [1.82, 2.24) is 15.3 Å². The van der Waals surface area contributed by atoms with Crippen molar-refractivity contribution < 1.29 is 0 Å². The van der Waals surface area contributed by atoms with Crippen LogP contribution in [0.25, 0.3) is 0 Å². The molecule has 0 atom stereocenters. The van der Waals surface area contributed by atoms with Gasteiger partial charge in [0.15, 0.2) is 0 Å². The Morgan fingerprint density at radius 2 is 2.06 bits per heavy atom. The minimum atomic E-state index is 0.531. The van der Waals surface area contributed by atoms with Crippen molar-refractivity contribution in [2.45, 2.75) is 26.4 Å². The first kappa shape index (κ1) is 12.6. The second-order valence-electron chi connectivity index (χ2n) is 3.72. The van der Waals surface area contributed by atoms with Crippen molar-refractivity contribution in [2.24, 2.45) is 5.73 Å². The summed E-state index contributed by atoms with van der Waals surface area (Å²) in [7, 11) is 0. The van der Waals surface area contributed by atoms with Gasteiger partial charge in [0.25, 0.3) is 0 Å². The van der Waals surface area contributed by atoms with Gasteiger partial charge in [-0.15, -0.1) is 22.7 Å². The summed E-state index contributed by atoms with van der Waals surface area (Å²) < 4.78 is 0. The van der Waals surface area contributed by atoms with Crippen molar-refractivity contribution in [3.05, 3.63) is 32.2 Å². The molecule has 0 radical (unpaired) electrons. The maximum absolute atomic E-state index is 5.52. The SMILES string of the molecule is Cc1nc(CCNCc2csc(CN)n2)cs1. The molecule has 0 unspecified atom stereocenters. The van der Waals surface area contributed by atoms with Crippen molar-refractivity contribution in [3.8, 4) is 0 Å². The number of aryl methyl sites for hydroxylation is 1. The van der Waals surface area contributed by atoms with E-state index in [2.05, 4.69) is 26.0 Å². The fourth-order valence-corrected chi connectivity index (χ4v) is 2.80. The van der Waals surface area contributed by atoms with Gasteiger partial charge in [-0.25, -0.2) is 9.97 Å². The molecule has 0 amide bonds. The van der Waals surface area contributed by atoms with Gasteiger partial charge in [0.1, 0.15) is 5.01 Å². The molecule has 3 N–H and O–H groups in total. The maximum Gasteiger partial charge on any atom is 0.106 e. The lowest BCUT2D eigenvalue weighted by molar-refractivity contribution is 0.670. The number of hydrogen-bond acceptors (Lipinski definition) is 6. The van der Waals surface area contributed by atoms with Gasteiger partial charge >= 0.3 is 0 Å². The third kappa shape index (κ3) is 3.85. The molecule has 17 heavy (non-hydrogen) atoms. The molecule has 2 heterocycles. The van der Waals surface area contributed by atoms with E-state index in [1.807, 2.05) is 6.92 Å². The Labute approximate surface area is 109 Å². The molecule has 0 aromatic carbocycles. The van der Waals surface area contributed by atoms with Crippen LogP contribution in [0.1, 0.15) is 21.4 Å². The Balaban J connectivity index is 1.69. The molecular formula is C11H16N4S2. The lowest BCUT2D eigenvalue weighted by Gasteiger charge is -2.00. The smallest absolute Gasteiger partial charge is 0.106 e. The Kier molecular flexibility index (Phi) is 4.61. The van der Waals surface area contributed by atoms with Crippen molar-refractivity contribution in [3.63, 3.8) is 0 Å². The Morgan fingerprint density at radius 1 is 1.24 bits per heavy atom. The summed E-state index contributed by atoms with van der Waals surface area (Å²) in [6.45, 7) is 4.30. The van der Waals surface area contributed by atoms with Gasteiger partial charge in [0.2, 0.25) is 0 Å². The predicted molar refractivity (Wildman–Crippen MR) is 72.3 cm³/mol. The third-order valence-electron chi connectivity index (χ3n) is 2.30. The van der Waals surface area contributed by atoms with E-state index in [-0.39, 0.29) is 0 Å². The summed E-state index contributed by atoms with van der Waals surface area (Å²) in [5, 5.41) is 9.67. The highest BCUT2D eigenvalue weighted by atomic mass is 32.1. The van der Waals surface area contributed by atoms with E-state index in [4.69, 9.17) is 5.73 Å². The summed E-state index contributed by atoms with van der Waals surface area (Å²) in [5.74, 6) is 0. The first-order chi connectivity index (χ1) is 8.28. The number of nitrogens with two attached hydrogens (primary N) is 1. The van der Waals surface area contributed by atoms with Crippen LogP contribution in [-0.2, 0) is 19.5 Å². The zero-order valence-electron chi connectivity index (χ0n) is 9.77. The summed E-state index contributed by atoms with van der Waals surface area (Å²) in [5.41, 5.74) is 7.76. The number of rotatable bonds is 6. The molecule has 0 saturated heterocycles. The molecule has 0 aliphatic rings. The van der Waals surface area contributed by atoms with Crippen LogP contribution < -0.4 is 11.1 Å². The molecule has 0 spiro atoms. The van der Waals surface area contributed by atoms with Crippen LogP contribution in [-0.4, -0.2) is 16.5 Å². The first-order valence-electron chi connectivity index (χ1n) is 5.53. The van der Waals surface area contributed by atoms with Crippen LogP contribution in [0.15, 0.2) is 10.8 Å². The normalized spacial score (nSPS) is 10.9. The van der Waals surface area contributed by atoms with E-state index >= 15 is 0 Å². The van der Waals surface area contributed by atoms with E-state index in [1.54, 1.807) is 22.7 Å². The quantitative estimate of drug-likeness (QED) is 0.783. The van der Waals surface area contributed by atoms with Gasteiger partial charge in [-0.1, -0.05) is 0 Å². The number of hydrogen-bond donors (Lipinski definition) is 2. The lowest BCUT2D eigenvalue weighted by atomic mass is 10.3. The molecule has 0 saturated carbocycles. The summed E-state index contributed by atoms with van der Waals surface area (Å²) in [6, 6.07) is 0. The van der Waals surface area contributed by atoms with Crippen LogP contribution in [0.5, 0.6) is 0 Å². The topological polar surface area (TPSA) is 63.8 Å². The second-order valence-corrected chi connectivity index (χ2v) is 5.73. The van der Waals surface area contributed by atoms with Gasteiger partial charge in [-0.3, -0.25) is 0 Å². The molecule has 4 nitrogen and oxygen atoms in total. The fourth-order valence-electron chi connectivity index (χ4n) is 1.48. The number of aromatic nitrogens is 2. The average molecular weight is 268 g/mol. The van der Waals surface area contributed by atoms with Crippen molar-refractivity contribution in [2.75, 3.05) is 6.54 Å². The zero-order chi connectivity index (χ0) is 12.1. The first-order valence-corrected chi connectivity index (χ1v) is 7.29. The zero-order valence-corrected chi connectivity index (χ0v) is 11.4. The molecule has 0 fully saturated rings. The van der Waals surface area contributed by atoms with Gasteiger partial charge in [0, 0.05) is 36.8 Å². The summed E-state index contributed by atoms with van der Waals surface area (Å²) >= 11 is 3.32. The lowest BCUT2D eigenvalue weighted by Crippen LogP contribution is -2.17. The Hall–Kier alpha value is -0.820. The standard InChI is InChI=1S/C11H16N4S2/c1-8-14-9(6-16-8)2-3-13-5-10-7-17-11(4-12)15-10/h6-7,13H,2-5,12H2,1H3. The fraction of sp³-hybridized carbons (Fsp3) is 0.455. The minimum absolute atomic E-state index is 0.531. The largest absolute Gasteiger partial charge is 0.325 e. The Morgan fingerprint density at radius 3 is 2.71 bits per heavy atom. The van der Waals surface area contributed by atoms with Gasteiger partial charge in [0.05, 0.1) is 16.4 Å². The molecule has 2 rings (SSSR count). The van der Waals surface area contributed by atoms with Gasteiger partial charge < -0.3 is 11.1 Å². The van der Waals surface area contributed by atoms with E-state index in [9.17, 15) is 0 Å². The molecule has 0 aliphatic heterocycles. The maximum atomic E-state index is 5.52. The van der Waals surface area contributed by atoms with Crippen molar-refractivity contribution >= 4 is 22.7 Å². The average Bonchev–Trinajstić information content (AvgIpc) is 2.93. The van der Waals surface area contributed by atoms with Crippen LogP contribution in [0.3, 0.4) is 0 Å². The molecule has 92 valence electrons. The number of nitrogens with zero attached hydrogens (tertiary/aromatic N) is 2. The van der Waals surface area contributed by atoms with E-state index in [1.165, 1.54) is 5.69 Å².